The highest BCUT2D eigenvalue weighted by Crippen LogP contribution is 2.37. The Hall–Kier alpha value is -2.23. The largest absolute Gasteiger partial charge is 0.422 e. The summed E-state index contributed by atoms with van der Waals surface area (Å²) in [5.74, 6) is -10.8. The fourth-order valence-corrected chi connectivity index (χ4v) is 3.10. The van der Waals surface area contributed by atoms with E-state index < -0.39 is 59.2 Å². The first-order chi connectivity index (χ1) is 13.3. The maximum Gasteiger partial charge on any atom is 0.422 e. The normalized spacial score (nSPS) is 11.6. The molecule has 10 heteroatoms. The molecule has 2 rings (SSSR count). The highest BCUT2D eigenvalue weighted by Gasteiger charge is 2.42. The molecule has 0 N–H and O–H groups in total. The summed E-state index contributed by atoms with van der Waals surface area (Å²) in [5, 5.41) is 0. The van der Waals surface area contributed by atoms with Gasteiger partial charge >= 0.3 is 6.18 Å². The Morgan fingerprint density at radius 2 is 1.45 bits per heavy atom. The maximum absolute atomic E-state index is 13.9. The molecule has 0 saturated carbocycles. The van der Waals surface area contributed by atoms with E-state index in [0.29, 0.717) is 15.6 Å². The van der Waals surface area contributed by atoms with Gasteiger partial charge in [-0.15, -0.1) is 0 Å². The van der Waals surface area contributed by atoms with Crippen molar-refractivity contribution in [3.05, 3.63) is 68.2 Å². The van der Waals surface area contributed by atoms with Gasteiger partial charge in [-0.25, -0.2) is 17.6 Å². The molecule has 0 amide bonds. The van der Waals surface area contributed by atoms with Crippen molar-refractivity contribution in [2.45, 2.75) is 32.4 Å². The molecule has 0 saturated heterocycles. The zero-order chi connectivity index (χ0) is 22.1. The van der Waals surface area contributed by atoms with Crippen LogP contribution in [0.2, 0.25) is 0 Å². The molecule has 0 spiro atoms. The van der Waals surface area contributed by atoms with Crippen LogP contribution >= 0.6 is 15.9 Å². The van der Waals surface area contributed by atoms with Crippen LogP contribution in [0.25, 0.3) is 0 Å². The van der Waals surface area contributed by atoms with E-state index in [1.807, 2.05) is 0 Å². The first-order valence-electron chi connectivity index (χ1n) is 8.03. The lowest BCUT2D eigenvalue weighted by Crippen LogP contribution is -2.19. The average molecular weight is 485 g/mol. The Bertz CT molecular complexity index is 954. The number of rotatable bonds is 6. The minimum atomic E-state index is -5.65. The second-order valence-electron chi connectivity index (χ2n) is 6.30. The summed E-state index contributed by atoms with van der Waals surface area (Å²) in [7, 11) is 0. The zero-order valence-electron chi connectivity index (χ0n) is 14.7. The lowest BCUT2D eigenvalue weighted by molar-refractivity contribution is -0.143. The number of halogens is 8. The molecule has 2 nitrogen and oxygen atoms in total. The number of benzene rings is 2. The predicted octanol–water partition coefficient (Wildman–Crippen LogP) is 5.51. The van der Waals surface area contributed by atoms with Crippen molar-refractivity contribution in [1.82, 2.24) is 0 Å². The van der Waals surface area contributed by atoms with Crippen LogP contribution in [0.1, 0.15) is 29.2 Å². The molecule has 2 aromatic rings. The van der Waals surface area contributed by atoms with Crippen molar-refractivity contribution >= 4 is 27.5 Å². The fraction of sp³-hybridized carbons (Fsp3) is 0.263. The van der Waals surface area contributed by atoms with Crippen molar-refractivity contribution in [1.29, 1.82) is 0 Å². The quantitative estimate of drug-likeness (QED) is 0.400. The van der Waals surface area contributed by atoms with E-state index in [-0.39, 0.29) is 12.2 Å². The molecule has 0 unspecified atom stereocenters. The molecule has 0 radical (unpaired) electrons. The van der Waals surface area contributed by atoms with Crippen molar-refractivity contribution in [3.63, 3.8) is 0 Å². The van der Waals surface area contributed by atoms with Crippen molar-refractivity contribution in [2.24, 2.45) is 0 Å². The SMILES string of the molecule is CC(=O)Cc1ccc(Br)c(CC(=O)Cc2c(F)c(F)c(C(F)(F)F)c(F)c2F)c1. The van der Waals surface area contributed by atoms with E-state index in [1.165, 1.54) is 13.0 Å². The maximum atomic E-state index is 13.9. The van der Waals surface area contributed by atoms with Crippen LogP contribution in [0.4, 0.5) is 30.7 Å². The summed E-state index contributed by atoms with van der Waals surface area (Å²) in [6, 6.07) is 4.64. The van der Waals surface area contributed by atoms with E-state index in [1.54, 1.807) is 12.1 Å². The fourth-order valence-electron chi connectivity index (χ4n) is 2.71. The number of alkyl halides is 3. The Morgan fingerprint density at radius 1 is 0.897 bits per heavy atom. The van der Waals surface area contributed by atoms with Crippen LogP contribution in [0, 0.1) is 23.3 Å². The Morgan fingerprint density at radius 3 is 1.93 bits per heavy atom. The summed E-state index contributed by atoms with van der Waals surface area (Å²) in [6.45, 7) is 1.35. The van der Waals surface area contributed by atoms with Crippen LogP contribution in [-0.4, -0.2) is 11.6 Å². The van der Waals surface area contributed by atoms with Crippen LogP contribution in [0.15, 0.2) is 22.7 Å². The third-order valence-corrected chi connectivity index (χ3v) is 4.74. The average Bonchev–Trinajstić information content (AvgIpc) is 2.58. The molecule has 0 fully saturated rings. The molecule has 0 aliphatic carbocycles. The molecule has 0 atom stereocenters. The van der Waals surface area contributed by atoms with Crippen molar-refractivity contribution in [3.8, 4) is 0 Å². The van der Waals surface area contributed by atoms with Gasteiger partial charge in [0.1, 0.15) is 17.1 Å². The monoisotopic (exact) mass is 484 g/mol. The van der Waals surface area contributed by atoms with Crippen molar-refractivity contribution in [2.75, 3.05) is 0 Å². The number of Topliss-reactive ketones (excluding diaryl/α,β-unsaturated/α-hetero) is 2. The van der Waals surface area contributed by atoms with E-state index >= 15 is 0 Å². The van der Waals surface area contributed by atoms with Gasteiger partial charge in [-0.05, 0) is 24.1 Å². The van der Waals surface area contributed by atoms with Crippen LogP contribution in [0.3, 0.4) is 0 Å². The number of hydrogen-bond acceptors (Lipinski definition) is 2. The number of carbonyl (C=O) groups is 2. The summed E-state index contributed by atoms with van der Waals surface area (Å²) >= 11 is 3.16. The lowest BCUT2D eigenvalue weighted by Gasteiger charge is -2.14. The highest BCUT2D eigenvalue weighted by atomic mass is 79.9. The van der Waals surface area contributed by atoms with Crippen LogP contribution in [0.5, 0.6) is 0 Å². The molecule has 0 aliphatic heterocycles. The first-order valence-corrected chi connectivity index (χ1v) is 8.82. The van der Waals surface area contributed by atoms with Crippen molar-refractivity contribution < 1.29 is 40.3 Å². The van der Waals surface area contributed by atoms with Gasteiger partial charge < -0.3 is 0 Å². The highest BCUT2D eigenvalue weighted by molar-refractivity contribution is 9.10. The van der Waals surface area contributed by atoms with E-state index in [0.717, 1.165) is 0 Å². The molecule has 2 aromatic carbocycles. The predicted molar refractivity (Wildman–Crippen MR) is 92.2 cm³/mol. The molecule has 0 heterocycles. The Kier molecular flexibility index (Phi) is 6.87. The van der Waals surface area contributed by atoms with Gasteiger partial charge in [-0.1, -0.05) is 28.1 Å². The lowest BCUT2D eigenvalue weighted by atomic mass is 9.98. The van der Waals surface area contributed by atoms with Gasteiger partial charge in [-0.3, -0.25) is 9.59 Å². The smallest absolute Gasteiger partial charge is 0.300 e. The minimum absolute atomic E-state index is 0.0764. The Balaban J connectivity index is 2.34. The zero-order valence-corrected chi connectivity index (χ0v) is 16.3. The third kappa shape index (κ3) is 5.23. The third-order valence-electron chi connectivity index (χ3n) is 3.96. The molecule has 156 valence electrons. The van der Waals surface area contributed by atoms with Crippen LogP contribution < -0.4 is 0 Å². The number of carbonyl (C=O) groups excluding carboxylic acids is 2. The second-order valence-corrected chi connectivity index (χ2v) is 7.16. The van der Waals surface area contributed by atoms with Gasteiger partial charge in [0, 0.05) is 29.3 Å². The standard InChI is InChI=1S/C19H12BrF7O2/c1-8(28)4-9-2-3-13(20)10(5-9)6-11(29)7-12-15(21)17(23)14(19(25,26)27)18(24)16(12)22/h2-3,5H,4,6-7H2,1H3. The van der Waals surface area contributed by atoms with Crippen LogP contribution in [-0.2, 0) is 35.0 Å². The van der Waals surface area contributed by atoms with E-state index in [2.05, 4.69) is 15.9 Å². The van der Waals surface area contributed by atoms with Gasteiger partial charge in [0.05, 0.1) is 0 Å². The Labute approximate surface area is 168 Å². The topological polar surface area (TPSA) is 34.1 Å². The number of ketones is 2. The molecule has 0 bridgehead atoms. The molecule has 29 heavy (non-hydrogen) atoms. The minimum Gasteiger partial charge on any atom is -0.300 e. The summed E-state index contributed by atoms with van der Waals surface area (Å²) in [4.78, 5) is 23.4. The summed E-state index contributed by atoms with van der Waals surface area (Å²) in [5.41, 5.74) is -3.22. The molecule has 0 aromatic heterocycles. The van der Waals surface area contributed by atoms with E-state index in [4.69, 9.17) is 0 Å². The second kappa shape index (κ2) is 8.64. The van der Waals surface area contributed by atoms with Gasteiger partial charge in [-0.2, -0.15) is 13.2 Å². The van der Waals surface area contributed by atoms with Gasteiger partial charge in [0.2, 0.25) is 0 Å². The molecule has 0 aliphatic rings. The summed E-state index contributed by atoms with van der Waals surface area (Å²) < 4.78 is 93.5. The summed E-state index contributed by atoms with van der Waals surface area (Å²) in [6.07, 6.45) is -7.17. The number of hydrogen-bond donors (Lipinski definition) is 0. The van der Waals surface area contributed by atoms with E-state index in [9.17, 15) is 40.3 Å². The van der Waals surface area contributed by atoms with Gasteiger partial charge in [0.15, 0.2) is 23.3 Å². The first kappa shape index (κ1) is 23.1. The van der Waals surface area contributed by atoms with Gasteiger partial charge in [0.25, 0.3) is 0 Å². The molecular formula is C19H12BrF7O2. The molecular weight excluding hydrogens is 473 g/mol.